The van der Waals surface area contributed by atoms with Crippen LogP contribution < -0.4 is 5.73 Å². The van der Waals surface area contributed by atoms with Crippen LogP contribution in [0.3, 0.4) is 0 Å². The zero-order valence-electron chi connectivity index (χ0n) is 16.6. The number of fused-ring (bicyclic) bond motifs is 1. The molecule has 0 spiro atoms. The van der Waals surface area contributed by atoms with Crippen LogP contribution in [0.15, 0.2) is 36.7 Å². The van der Waals surface area contributed by atoms with Gasteiger partial charge < -0.3 is 15.7 Å². The monoisotopic (exact) mass is 429 g/mol. The van der Waals surface area contributed by atoms with Gasteiger partial charge in [0.05, 0.1) is 5.56 Å². The molecule has 1 aromatic carbocycles. The number of hydrogen-bond acceptors (Lipinski definition) is 6. The molecule has 2 aromatic heterocycles. The molecule has 7 nitrogen and oxygen atoms in total. The predicted octanol–water partition coefficient (Wildman–Crippen LogP) is 2.48. The van der Waals surface area contributed by atoms with E-state index in [2.05, 4.69) is 26.8 Å². The van der Waals surface area contributed by atoms with Gasteiger partial charge >= 0.3 is 6.18 Å². The van der Waals surface area contributed by atoms with Gasteiger partial charge in [-0.2, -0.15) is 13.2 Å². The molecule has 0 bridgehead atoms. The van der Waals surface area contributed by atoms with E-state index in [0.29, 0.717) is 23.9 Å². The Morgan fingerprint density at radius 3 is 2.71 bits per heavy atom. The maximum atomic E-state index is 13.2. The highest BCUT2D eigenvalue weighted by atomic mass is 19.4. The first kappa shape index (κ1) is 22.0. The van der Waals surface area contributed by atoms with Gasteiger partial charge in [-0.3, -0.25) is 4.79 Å². The highest BCUT2D eigenvalue weighted by Crippen LogP contribution is 2.35. The molecular formula is C21H18F3N5O2. The van der Waals surface area contributed by atoms with Gasteiger partial charge in [0.1, 0.15) is 11.3 Å². The van der Waals surface area contributed by atoms with Crippen molar-refractivity contribution in [3.8, 4) is 23.2 Å². The predicted molar refractivity (Wildman–Crippen MR) is 108 cm³/mol. The van der Waals surface area contributed by atoms with Crippen molar-refractivity contribution in [1.82, 2.24) is 19.9 Å². The minimum atomic E-state index is -4.62. The molecule has 160 valence electrons. The summed E-state index contributed by atoms with van der Waals surface area (Å²) in [6, 6.07) is 6.53. The van der Waals surface area contributed by atoms with Crippen LogP contribution in [0, 0.1) is 11.8 Å². The molecule has 1 atom stereocenters. The second-order valence-corrected chi connectivity index (χ2v) is 6.62. The zero-order valence-corrected chi connectivity index (χ0v) is 16.6. The first-order chi connectivity index (χ1) is 14.6. The van der Waals surface area contributed by atoms with Crippen molar-refractivity contribution in [3.63, 3.8) is 0 Å². The van der Waals surface area contributed by atoms with Crippen molar-refractivity contribution in [2.24, 2.45) is 0 Å². The summed E-state index contributed by atoms with van der Waals surface area (Å²) in [5.41, 5.74) is 5.58. The third kappa shape index (κ3) is 4.73. The average Bonchev–Trinajstić information content (AvgIpc) is 2.75. The highest BCUT2D eigenvalue weighted by Gasteiger charge is 2.34. The molecule has 3 rings (SSSR count). The van der Waals surface area contributed by atoms with Gasteiger partial charge in [-0.05, 0) is 19.1 Å². The lowest BCUT2D eigenvalue weighted by atomic mass is 10.1. The molecule has 0 aliphatic heterocycles. The minimum absolute atomic E-state index is 0.111. The number of rotatable bonds is 3. The number of halogens is 3. The number of carbonyl (C=O) groups excluding carboxylic acids is 1. The molecule has 0 radical (unpaired) electrons. The Kier molecular flexibility index (Phi) is 6.08. The van der Waals surface area contributed by atoms with Gasteiger partial charge in [0.15, 0.2) is 11.9 Å². The Morgan fingerprint density at radius 2 is 2.03 bits per heavy atom. The van der Waals surface area contributed by atoms with E-state index in [-0.39, 0.29) is 22.5 Å². The first-order valence-electron chi connectivity index (χ1n) is 9.15. The normalized spacial score (nSPS) is 12.2. The van der Waals surface area contributed by atoms with Gasteiger partial charge in [-0.15, -0.1) is 0 Å². The fraction of sp³-hybridized carbons (Fsp3) is 0.238. The van der Waals surface area contributed by atoms with Crippen LogP contribution in [0.1, 0.15) is 18.1 Å². The SMILES string of the molecule is CCN(C)C(=O)[C@H](O)C#Cc1cccc(-c2ncc3c(C(F)(F)F)cnc(N)c3n2)c1. The Labute approximate surface area is 175 Å². The van der Waals surface area contributed by atoms with Crippen LogP contribution in [-0.4, -0.2) is 50.6 Å². The number of nitrogen functional groups attached to an aromatic ring is 1. The maximum Gasteiger partial charge on any atom is 0.418 e. The molecule has 3 aromatic rings. The summed E-state index contributed by atoms with van der Waals surface area (Å²) in [5, 5.41) is 9.66. The quantitative estimate of drug-likeness (QED) is 0.620. The number of anilines is 1. The molecule has 0 fully saturated rings. The number of amides is 1. The van der Waals surface area contributed by atoms with Crippen LogP contribution in [0.2, 0.25) is 0 Å². The minimum Gasteiger partial charge on any atom is -0.382 e. The fourth-order valence-corrected chi connectivity index (χ4v) is 2.72. The summed E-state index contributed by atoms with van der Waals surface area (Å²) in [5.74, 6) is 4.64. The van der Waals surface area contributed by atoms with E-state index in [4.69, 9.17) is 5.73 Å². The highest BCUT2D eigenvalue weighted by molar-refractivity contribution is 5.90. The maximum absolute atomic E-state index is 13.2. The molecule has 10 heteroatoms. The Hall–Kier alpha value is -3.71. The molecule has 0 aliphatic carbocycles. The summed E-state index contributed by atoms with van der Waals surface area (Å²) >= 11 is 0. The second kappa shape index (κ2) is 8.57. The van der Waals surface area contributed by atoms with Crippen molar-refractivity contribution in [2.75, 3.05) is 19.3 Å². The zero-order chi connectivity index (χ0) is 22.8. The van der Waals surface area contributed by atoms with Crippen molar-refractivity contribution >= 4 is 22.6 Å². The number of aliphatic hydroxyl groups is 1. The van der Waals surface area contributed by atoms with E-state index < -0.39 is 23.8 Å². The van der Waals surface area contributed by atoms with Gasteiger partial charge in [-0.1, -0.05) is 24.0 Å². The molecule has 1 amide bonds. The van der Waals surface area contributed by atoms with Gasteiger partial charge in [0, 0.05) is 42.5 Å². The van der Waals surface area contributed by atoms with E-state index >= 15 is 0 Å². The third-order valence-electron chi connectivity index (χ3n) is 4.52. The smallest absolute Gasteiger partial charge is 0.382 e. The average molecular weight is 429 g/mol. The largest absolute Gasteiger partial charge is 0.418 e. The Bertz CT molecular complexity index is 1200. The van der Waals surface area contributed by atoms with Crippen LogP contribution in [0.25, 0.3) is 22.3 Å². The van der Waals surface area contributed by atoms with Gasteiger partial charge in [0.25, 0.3) is 5.91 Å². The van der Waals surface area contributed by atoms with Crippen LogP contribution in [0.5, 0.6) is 0 Å². The molecule has 2 heterocycles. The lowest BCUT2D eigenvalue weighted by Crippen LogP contribution is -2.35. The lowest BCUT2D eigenvalue weighted by molar-refractivity contribution is -0.137. The second-order valence-electron chi connectivity index (χ2n) is 6.62. The van der Waals surface area contributed by atoms with Crippen molar-refractivity contribution in [2.45, 2.75) is 19.2 Å². The molecular weight excluding hydrogens is 411 g/mol. The van der Waals surface area contributed by atoms with E-state index in [1.165, 1.54) is 4.90 Å². The summed E-state index contributed by atoms with van der Waals surface area (Å²) in [4.78, 5) is 25.0. The number of hydrogen-bond donors (Lipinski definition) is 2. The fourth-order valence-electron chi connectivity index (χ4n) is 2.72. The van der Waals surface area contributed by atoms with E-state index in [0.717, 1.165) is 6.20 Å². The van der Waals surface area contributed by atoms with Crippen LogP contribution in [-0.2, 0) is 11.0 Å². The Morgan fingerprint density at radius 1 is 1.29 bits per heavy atom. The molecule has 0 saturated carbocycles. The Balaban J connectivity index is 1.97. The van der Waals surface area contributed by atoms with E-state index in [9.17, 15) is 23.1 Å². The number of nitrogens with two attached hydrogens (primary N) is 1. The first-order valence-corrected chi connectivity index (χ1v) is 9.15. The molecule has 0 aliphatic rings. The van der Waals surface area contributed by atoms with Gasteiger partial charge in [0.2, 0.25) is 0 Å². The van der Waals surface area contributed by atoms with E-state index in [1.807, 2.05) is 0 Å². The summed E-state index contributed by atoms with van der Waals surface area (Å²) in [6.07, 6.45) is -4.39. The van der Waals surface area contributed by atoms with Crippen LogP contribution in [0.4, 0.5) is 19.0 Å². The van der Waals surface area contributed by atoms with Crippen LogP contribution >= 0.6 is 0 Å². The standard InChI is InChI=1S/C21H18F3N5O2/c1-3-29(2)20(31)16(30)8-7-12-5-4-6-13(9-12)19-27-10-14-15(21(22,23)24)11-26-18(25)17(14)28-19/h4-6,9-11,16,30H,3H2,1-2H3,(H2,25,26)/t16-/m1/s1. The van der Waals surface area contributed by atoms with Crippen molar-refractivity contribution in [3.05, 3.63) is 47.8 Å². The summed E-state index contributed by atoms with van der Waals surface area (Å²) in [7, 11) is 1.55. The number of pyridine rings is 1. The van der Waals surface area contributed by atoms with Crippen molar-refractivity contribution in [1.29, 1.82) is 0 Å². The number of nitrogens with zero attached hydrogens (tertiary/aromatic N) is 4. The van der Waals surface area contributed by atoms with Crippen molar-refractivity contribution < 1.29 is 23.1 Å². The third-order valence-corrected chi connectivity index (χ3v) is 4.52. The van der Waals surface area contributed by atoms with Gasteiger partial charge in [-0.25, -0.2) is 15.0 Å². The van der Waals surface area contributed by atoms with E-state index in [1.54, 1.807) is 38.2 Å². The number of aromatic nitrogens is 3. The summed E-state index contributed by atoms with van der Waals surface area (Å²) in [6.45, 7) is 2.20. The number of aliphatic hydroxyl groups excluding tert-OH is 1. The summed E-state index contributed by atoms with van der Waals surface area (Å²) < 4.78 is 39.6. The number of benzene rings is 1. The lowest BCUT2D eigenvalue weighted by Gasteiger charge is -2.15. The number of carbonyl (C=O) groups is 1. The molecule has 31 heavy (non-hydrogen) atoms. The number of likely N-dealkylation sites (N-methyl/N-ethyl adjacent to an activating group) is 1. The molecule has 0 unspecified atom stereocenters. The topological polar surface area (TPSA) is 105 Å². The molecule has 3 N–H and O–H groups in total. The molecule has 0 saturated heterocycles. The number of alkyl halides is 3.